The average molecular weight is 411 g/mol. The summed E-state index contributed by atoms with van der Waals surface area (Å²) in [7, 11) is 1.71. The lowest BCUT2D eigenvalue weighted by Crippen LogP contribution is -2.42. The molecule has 2 aromatic carbocycles. The predicted molar refractivity (Wildman–Crippen MR) is 122 cm³/mol. The van der Waals surface area contributed by atoms with Crippen molar-refractivity contribution < 1.29 is 9.84 Å². The fraction of sp³-hybridized carbons (Fsp3) is 0.458. The molecule has 1 saturated heterocycles. The summed E-state index contributed by atoms with van der Waals surface area (Å²) in [6.07, 6.45) is 2.49. The van der Waals surface area contributed by atoms with Crippen molar-refractivity contribution in [2.45, 2.75) is 39.0 Å². The van der Waals surface area contributed by atoms with Gasteiger partial charge in [0.25, 0.3) is 0 Å². The van der Waals surface area contributed by atoms with Gasteiger partial charge in [-0.1, -0.05) is 36.4 Å². The van der Waals surface area contributed by atoms with E-state index in [1.807, 2.05) is 30.3 Å². The minimum atomic E-state index is 0.0303. The summed E-state index contributed by atoms with van der Waals surface area (Å²) in [4.78, 5) is 7.29. The molecule has 0 saturated carbocycles. The molecule has 1 aliphatic rings. The Morgan fingerprint density at radius 2 is 1.87 bits per heavy atom. The van der Waals surface area contributed by atoms with Crippen LogP contribution in [0.4, 0.5) is 0 Å². The predicted octanol–water partition coefficient (Wildman–Crippen LogP) is 3.08. The molecule has 1 atom stereocenters. The molecule has 30 heavy (non-hydrogen) atoms. The molecule has 3 rings (SSSR count). The van der Waals surface area contributed by atoms with Gasteiger partial charge in [0.05, 0.1) is 26.3 Å². The van der Waals surface area contributed by atoms with Crippen LogP contribution in [0.5, 0.6) is 5.75 Å². The zero-order valence-electron chi connectivity index (χ0n) is 18.1. The van der Waals surface area contributed by atoms with Gasteiger partial charge in [-0.2, -0.15) is 0 Å². The molecular formula is C24H34N4O2. The molecule has 162 valence electrons. The van der Waals surface area contributed by atoms with E-state index in [4.69, 9.17) is 9.73 Å². The third kappa shape index (κ3) is 5.97. The number of aliphatic imine (C=N–C) groups is 1. The van der Waals surface area contributed by atoms with Crippen LogP contribution in [0.1, 0.15) is 42.5 Å². The molecule has 1 aliphatic heterocycles. The van der Waals surface area contributed by atoms with Crippen molar-refractivity contribution in [1.82, 2.24) is 15.5 Å². The highest BCUT2D eigenvalue weighted by Crippen LogP contribution is 2.27. The number of hydrogen-bond acceptors (Lipinski definition) is 4. The van der Waals surface area contributed by atoms with E-state index in [-0.39, 0.29) is 12.6 Å². The number of guanidine groups is 1. The number of hydrogen-bond donors (Lipinski definition) is 3. The Bertz CT molecular complexity index is 818. The van der Waals surface area contributed by atoms with Gasteiger partial charge < -0.3 is 20.5 Å². The Morgan fingerprint density at radius 3 is 2.57 bits per heavy atom. The first kappa shape index (κ1) is 22.1. The number of ether oxygens (including phenoxy) is 1. The first-order chi connectivity index (χ1) is 14.7. The van der Waals surface area contributed by atoms with Crippen molar-refractivity contribution >= 4 is 5.96 Å². The van der Waals surface area contributed by atoms with Crippen LogP contribution in [0.15, 0.2) is 53.5 Å². The maximum atomic E-state index is 9.56. The van der Waals surface area contributed by atoms with E-state index in [9.17, 15) is 5.11 Å². The Labute approximate surface area is 180 Å². The number of likely N-dealkylation sites (tertiary alicyclic amines) is 1. The number of aliphatic hydroxyl groups excluding tert-OH is 1. The second-order valence-corrected chi connectivity index (χ2v) is 7.54. The van der Waals surface area contributed by atoms with Crippen LogP contribution in [-0.4, -0.2) is 49.3 Å². The Balaban J connectivity index is 1.73. The number of benzene rings is 2. The van der Waals surface area contributed by atoms with E-state index in [1.165, 1.54) is 18.4 Å². The largest absolute Gasteiger partial charge is 0.497 e. The van der Waals surface area contributed by atoms with Gasteiger partial charge in [0.15, 0.2) is 5.96 Å². The van der Waals surface area contributed by atoms with Crippen molar-refractivity contribution in [1.29, 1.82) is 0 Å². The third-order valence-electron chi connectivity index (χ3n) is 5.56. The molecule has 0 bridgehead atoms. The van der Waals surface area contributed by atoms with Crippen molar-refractivity contribution in [3.05, 3.63) is 65.2 Å². The first-order valence-electron chi connectivity index (χ1n) is 10.8. The minimum Gasteiger partial charge on any atom is -0.497 e. The molecule has 6 heteroatoms. The number of rotatable bonds is 9. The van der Waals surface area contributed by atoms with Crippen LogP contribution >= 0.6 is 0 Å². The molecule has 0 radical (unpaired) electrons. The highest BCUT2D eigenvalue weighted by atomic mass is 16.5. The van der Waals surface area contributed by atoms with Crippen LogP contribution in [0.2, 0.25) is 0 Å². The lowest BCUT2D eigenvalue weighted by atomic mass is 10.1. The van der Waals surface area contributed by atoms with Crippen LogP contribution < -0.4 is 15.4 Å². The summed E-state index contributed by atoms with van der Waals surface area (Å²) in [6.45, 7) is 6.41. The normalized spacial score (nSPS) is 15.8. The standard InChI is InChI=1S/C24H34N4O2/c1-3-25-24(26-16-20-9-4-5-10-21(20)18-29)27-17-23(28-13-6-7-14-28)19-11-8-12-22(15-19)30-2/h4-5,8-12,15,23,29H,3,6-7,13-14,16-18H2,1-2H3,(H2,25,26,27). The fourth-order valence-electron chi connectivity index (χ4n) is 3.93. The molecule has 0 amide bonds. The van der Waals surface area contributed by atoms with Gasteiger partial charge in [-0.3, -0.25) is 4.90 Å². The molecule has 0 spiro atoms. The van der Waals surface area contributed by atoms with Gasteiger partial charge in [-0.25, -0.2) is 4.99 Å². The zero-order chi connectivity index (χ0) is 21.2. The number of methoxy groups -OCH3 is 1. The SMILES string of the molecule is CCNC(=NCc1ccccc1CO)NCC(c1cccc(OC)c1)N1CCCC1. The van der Waals surface area contributed by atoms with Gasteiger partial charge in [0, 0.05) is 13.1 Å². The van der Waals surface area contributed by atoms with E-state index in [0.29, 0.717) is 6.54 Å². The van der Waals surface area contributed by atoms with Crippen molar-refractivity contribution in [3.63, 3.8) is 0 Å². The van der Waals surface area contributed by atoms with Gasteiger partial charge >= 0.3 is 0 Å². The smallest absolute Gasteiger partial charge is 0.191 e. The lowest BCUT2D eigenvalue weighted by molar-refractivity contribution is 0.245. The van der Waals surface area contributed by atoms with Gasteiger partial charge in [0.2, 0.25) is 0 Å². The second-order valence-electron chi connectivity index (χ2n) is 7.54. The second kappa shape index (κ2) is 11.6. The average Bonchev–Trinajstić information content (AvgIpc) is 3.32. The molecule has 1 fully saturated rings. The molecule has 0 aliphatic carbocycles. The van der Waals surface area contributed by atoms with Crippen LogP contribution in [-0.2, 0) is 13.2 Å². The maximum absolute atomic E-state index is 9.56. The van der Waals surface area contributed by atoms with Crippen molar-refractivity contribution in [3.8, 4) is 5.75 Å². The maximum Gasteiger partial charge on any atom is 0.191 e. The van der Waals surface area contributed by atoms with Gasteiger partial charge in [-0.15, -0.1) is 0 Å². The minimum absolute atomic E-state index is 0.0303. The number of aliphatic hydroxyl groups is 1. The van der Waals surface area contributed by atoms with Gasteiger partial charge in [-0.05, 0) is 61.7 Å². The van der Waals surface area contributed by atoms with Crippen molar-refractivity contribution in [2.75, 3.05) is 33.3 Å². The zero-order valence-corrected chi connectivity index (χ0v) is 18.1. The first-order valence-corrected chi connectivity index (χ1v) is 10.8. The van der Waals surface area contributed by atoms with E-state index in [1.54, 1.807) is 7.11 Å². The summed E-state index contributed by atoms with van der Waals surface area (Å²) in [5.74, 6) is 1.68. The highest BCUT2D eigenvalue weighted by Gasteiger charge is 2.24. The van der Waals surface area contributed by atoms with Crippen LogP contribution in [0.25, 0.3) is 0 Å². The molecule has 0 aromatic heterocycles. The number of nitrogens with zero attached hydrogens (tertiary/aromatic N) is 2. The fourth-order valence-corrected chi connectivity index (χ4v) is 3.93. The summed E-state index contributed by atoms with van der Waals surface area (Å²) >= 11 is 0. The summed E-state index contributed by atoms with van der Waals surface area (Å²) in [5.41, 5.74) is 3.22. The monoisotopic (exact) mass is 410 g/mol. The molecule has 1 unspecified atom stereocenters. The van der Waals surface area contributed by atoms with E-state index < -0.39 is 0 Å². The Kier molecular flexibility index (Phi) is 8.53. The van der Waals surface area contributed by atoms with E-state index in [0.717, 1.165) is 49.0 Å². The summed E-state index contributed by atoms with van der Waals surface area (Å²) in [5, 5.41) is 16.4. The van der Waals surface area contributed by atoms with Crippen molar-refractivity contribution in [2.24, 2.45) is 4.99 Å². The summed E-state index contributed by atoms with van der Waals surface area (Å²) in [6, 6.07) is 16.5. The summed E-state index contributed by atoms with van der Waals surface area (Å²) < 4.78 is 5.45. The van der Waals surface area contributed by atoms with E-state index in [2.05, 4.69) is 40.7 Å². The topological polar surface area (TPSA) is 69.1 Å². The molecule has 6 nitrogen and oxygen atoms in total. The molecule has 2 aromatic rings. The third-order valence-corrected chi connectivity index (χ3v) is 5.56. The van der Waals surface area contributed by atoms with E-state index >= 15 is 0 Å². The lowest BCUT2D eigenvalue weighted by Gasteiger charge is -2.29. The van der Waals surface area contributed by atoms with Crippen LogP contribution in [0.3, 0.4) is 0 Å². The Hall–Kier alpha value is -2.57. The van der Waals surface area contributed by atoms with Crippen LogP contribution in [0, 0.1) is 0 Å². The molecule has 1 heterocycles. The molecule has 3 N–H and O–H groups in total. The van der Waals surface area contributed by atoms with Gasteiger partial charge in [0.1, 0.15) is 5.75 Å². The quantitative estimate of drug-likeness (QED) is 0.438. The highest BCUT2D eigenvalue weighted by molar-refractivity contribution is 5.79. The number of nitrogens with one attached hydrogen (secondary N) is 2. The molecular weight excluding hydrogens is 376 g/mol. The Morgan fingerprint density at radius 1 is 1.10 bits per heavy atom.